The van der Waals surface area contributed by atoms with Gasteiger partial charge in [-0.05, 0) is 104 Å². The molecule has 0 saturated heterocycles. The molecule has 0 aliphatic rings. The van der Waals surface area contributed by atoms with Crippen molar-refractivity contribution in [3.05, 3.63) is 82.8 Å². The molecule has 0 spiro atoms. The van der Waals surface area contributed by atoms with Crippen molar-refractivity contribution >= 4 is 66.3 Å². The molecule has 0 N–H and O–H groups in total. The molecule has 0 nitrogen and oxygen atoms in total. The molecule has 114 valence electrons. The second-order valence-corrected chi connectivity index (χ2v) is 7.11. The second kappa shape index (κ2) is 5.11. The summed E-state index contributed by atoms with van der Waals surface area (Å²) in [5.74, 6) is 0. The molecular formula is C22H12Cl2. The van der Waals surface area contributed by atoms with Crippen molar-refractivity contribution in [3.63, 3.8) is 0 Å². The van der Waals surface area contributed by atoms with Crippen LogP contribution in [-0.2, 0) is 0 Å². The molecular weight excluding hydrogens is 335 g/mol. The average Bonchev–Trinajstić information content (AvgIpc) is 2.56. The molecule has 0 amide bonds. The van der Waals surface area contributed by atoms with Gasteiger partial charge in [-0.25, -0.2) is 0 Å². The Morgan fingerprint density at radius 3 is 1.00 bits per heavy atom. The summed E-state index contributed by atoms with van der Waals surface area (Å²) in [5.41, 5.74) is 0. The van der Waals surface area contributed by atoms with Gasteiger partial charge in [0.15, 0.2) is 0 Å². The minimum absolute atomic E-state index is 0.767. The predicted octanol–water partition coefficient (Wildman–Crippen LogP) is 7.61. The van der Waals surface area contributed by atoms with Crippen molar-refractivity contribution < 1.29 is 0 Å². The number of fused-ring (bicyclic) bond motifs is 4. The Bertz CT molecular complexity index is 1170. The lowest BCUT2D eigenvalue weighted by Crippen LogP contribution is -1.81. The Balaban J connectivity index is 1.88. The zero-order valence-electron chi connectivity index (χ0n) is 12.7. The van der Waals surface area contributed by atoms with E-state index in [1.807, 2.05) is 24.3 Å². The molecule has 2 heteroatoms. The maximum Gasteiger partial charge on any atom is 0.0412 e. The van der Waals surface area contributed by atoms with E-state index in [2.05, 4.69) is 48.5 Å². The Hall–Kier alpha value is -2.28. The average molecular weight is 347 g/mol. The Morgan fingerprint density at radius 1 is 0.333 bits per heavy atom. The van der Waals surface area contributed by atoms with E-state index in [1.165, 1.54) is 32.3 Å². The van der Waals surface area contributed by atoms with Crippen LogP contribution < -0.4 is 0 Å². The Labute approximate surface area is 149 Å². The summed E-state index contributed by atoms with van der Waals surface area (Å²) in [5, 5.41) is 11.2. The van der Waals surface area contributed by atoms with Crippen molar-refractivity contribution in [2.24, 2.45) is 0 Å². The minimum Gasteiger partial charge on any atom is -0.0843 e. The van der Waals surface area contributed by atoms with E-state index in [9.17, 15) is 0 Å². The van der Waals surface area contributed by atoms with Crippen molar-refractivity contribution in [1.82, 2.24) is 0 Å². The van der Waals surface area contributed by atoms with Gasteiger partial charge in [-0.2, -0.15) is 0 Å². The van der Waals surface area contributed by atoms with Crippen molar-refractivity contribution in [1.29, 1.82) is 0 Å². The van der Waals surface area contributed by atoms with Crippen LogP contribution in [-0.4, -0.2) is 0 Å². The third-order valence-corrected chi connectivity index (χ3v) is 5.10. The van der Waals surface area contributed by atoms with Gasteiger partial charge in [0.25, 0.3) is 0 Å². The highest BCUT2D eigenvalue weighted by Crippen LogP contribution is 2.31. The Kier molecular flexibility index (Phi) is 3.00. The van der Waals surface area contributed by atoms with Gasteiger partial charge in [0, 0.05) is 10.0 Å². The standard InChI is InChI=1S/C22H12Cl2/c23-21-3-1-13-5-15-7-16-6-14-2-4-22(24)12-20(14)10-18(16)8-17(15)9-19(13)11-21/h1-12H. The van der Waals surface area contributed by atoms with Crippen molar-refractivity contribution in [2.75, 3.05) is 0 Å². The lowest BCUT2D eigenvalue weighted by Gasteiger charge is -2.07. The number of hydrogen-bond acceptors (Lipinski definition) is 0. The van der Waals surface area contributed by atoms with Gasteiger partial charge in [-0.3, -0.25) is 0 Å². The summed E-state index contributed by atoms with van der Waals surface area (Å²) in [6, 6.07) is 25.4. The van der Waals surface area contributed by atoms with Gasteiger partial charge in [-0.1, -0.05) is 35.3 Å². The quantitative estimate of drug-likeness (QED) is 0.253. The first kappa shape index (κ1) is 14.1. The zero-order valence-corrected chi connectivity index (χ0v) is 14.2. The minimum atomic E-state index is 0.767. The van der Waals surface area contributed by atoms with Crippen LogP contribution in [0.5, 0.6) is 0 Å². The van der Waals surface area contributed by atoms with Crippen LogP contribution in [0.2, 0.25) is 10.0 Å². The van der Waals surface area contributed by atoms with Crippen LogP contribution in [0.4, 0.5) is 0 Å². The van der Waals surface area contributed by atoms with Crippen LogP contribution in [0.15, 0.2) is 72.8 Å². The molecule has 0 heterocycles. The normalized spacial score (nSPS) is 11.8. The Morgan fingerprint density at radius 2 is 0.625 bits per heavy atom. The van der Waals surface area contributed by atoms with Crippen molar-refractivity contribution in [3.8, 4) is 0 Å². The molecule has 0 saturated carbocycles. The van der Waals surface area contributed by atoms with E-state index in [4.69, 9.17) is 23.2 Å². The summed E-state index contributed by atoms with van der Waals surface area (Å²) in [7, 11) is 0. The molecule has 0 unspecified atom stereocenters. The molecule has 0 atom stereocenters. The predicted molar refractivity (Wildman–Crippen MR) is 106 cm³/mol. The molecule has 5 rings (SSSR count). The van der Waals surface area contributed by atoms with Gasteiger partial charge < -0.3 is 0 Å². The highest BCUT2D eigenvalue weighted by Gasteiger charge is 2.04. The zero-order chi connectivity index (χ0) is 16.3. The summed E-state index contributed by atoms with van der Waals surface area (Å²) in [4.78, 5) is 0. The summed E-state index contributed by atoms with van der Waals surface area (Å²) in [6.07, 6.45) is 0. The third-order valence-electron chi connectivity index (χ3n) is 4.63. The van der Waals surface area contributed by atoms with E-state index in [-0.39, 0.29) is 0 Å². The van der Waals surface area contributed by atoms with Gasteiger partial charge in [0.1, 0.15) is 0 Å². The van der Waals surface area contributed by atoms with Crippen LogP contribution >= 0.6 is 23.2 Å². The van der Waals surface area contributed by atoms with Gasteiger partial charge in [0.05, 0.1) is 0 Å². The third kappa shape index (κ3) is 2.23. The van der Waals surface area contributed by atoms with Gasteiger partial charge in [0.2, 0.25) is 0 Å². The fourth-order valence-electron chi connectivity index (χ4n) is 3.44. The number of hydrogen-bond donors (Lipinski definition) is 0. The van der Waals surface area contributed by atoms with Crippen molar-refractivity contribution in [2.45, 2.75) is 0 Å². The monoisotopic (exact) mass is 346 g/mol. The van der Waals surface area contributed by atoms with Crippen LogP contribution in [0.3, 0.4) is 0 Å². The maximum atomic E-state index is 6.13. The first-order chi connectivity index (χ1) is 11.7. The lowest BCUT2D eigenvalue weighted by atomic mass is 9.97. The van der Waals surface area contributed by atoms with Crippen LogP contribution in [0, 0.1) is 0 Å². The summed E-state index contributed by atoms with van der Waals surface area (Å²) < 4.78 is 0. The number of benzene rings is 5. The van der Waals surface area contributed by atoms with E-state index in [0.29, 0.717) is 0 Å². The number of halogens is 2. The molecule has 0 aromatic heterocycles. The highest BCUT2D eigenvalue weighted by atomic mass is 35.5. The lowest BCUT2D eigenvalue weighted by molar-refractivity contribution is 1.77. The molecule has 0 fully saturated rings. The molecule has 24 heavy (non-hydrogen) atoms. The fourth-order valence-corrected chi connectivity index (χ4v) is 3.80. The fraction of sp³-hybridized carbons (Fsp3) is 0. The molecule has 5 aromatic carbocycles. The molecule has 0 aliphatic carbocycles. The first-order valence-electron chi connectivity index (χ1n) is 7.82. The molecule has 0 radical (unpaired) electrons. The first-order valence-corrected chi connectivity index (χ1v) is 8.57. The molecule has 0 bridgehead atoms. The van der Waals surface area contributed by atoms with Gasteiger partial charge in [-0.15, -0.1) is 0 Å². The van der Waals surface area contributed by atoms with E-state index >= 15 is 0 Å². The number of rotatable bonds is 0. The smallest absolute Gasteiger partial charge is 0.0412 e. The summed E-state index contributed by atoms with van der Waals surface area (Å²) in [6.45, 7) is 0. The second-order valence-electron chi connectivity index (χ2n) is 6.23. The topological polar surface area (TPSA) is 0 Å². The maximum absolute atomic E-state index is 6.13. The van der Waals surface area contributed by atoms with Gasteiger partial charge >= 0.3 is 0 Å². The highest BCUT2D eigenvalue weighted by molar-refractivity contribution is 6.31. The largest absolute Gasteiger partial charge is 0.0843 e. The van der Waals surface area contributed by atoms with E-state index in [1.54, 1.807) is 0 Å². The van der Waals surface area contributed by atoms with E-state index < -0.39 is 0 Å². The van der Waals surface area contributed by atoms with Crippen LogP contribution in [0.25, 0.3) is 43.1 Å². The summed E-state index contributed by atoms with van der Waals surface area (Å²) >= 11 is 12.3. The SMILES string of the molecule is Clc1ccc2cc3cc4cc5ccc(Cl)cc5cc4cc3cc2c1. The van der Waals surface area contributed by atoms with Crippen LogP contribution in [0.1, 0.15) is 0 Å². The molecule has 5 aromatic rings. The molecule has 0 aliphatic heterocycles. The van der Waals surface area contributed by atoms with E-state index in [0.717, 1.165) is 20.8 Å².